The number of rotatable bonds is 3. The molecule has 6 nitrogen and oxygen atoms in total. The lowest BCUT2D eigenvalue weighted by Gasteiger charge is -2.12. The monoisotopic (exact) mass is 268 g/mol. The fourth-order valence-electron chi connectivity index (χ4n) is 1.55. The third-order valence-corrected chi connectivity index (χ3v) is 3.10. The summed E-state index contributed by atoms with van der Waals surface area (Å²) >= 11 is 0. The van der Waals surface area contributed by atoms with Crippen molar-refractivity contribution in [3.63, 3.8) is 0 Å². The number of anilines is 1. The van der Waals surface area contributed by atoms with Gasteiger partial charge < -0.3 is 5.32 Å². The summed E-state index contributed by atoms with van der Waals surface area (Å²) in [4.78, 5) is 10.9. The Balaban J connectivity index is 3.34. The number of nitriles is 1. The van der Waals surface area contributed by atoms with E-state index >= 15 is 0 Å². The van der Waals surface area contributed by atoms with Gasteiger partial charge >= 0.3 is 0 Å². The Labute approximate surface area is 105 Å². The molecule has 1 rings (SSSR count). The first kappa shape index (κ1) is 14.2. The Bertz CT molecular complexity index is 629. The maximum atomic E-state index is 11.3. The van der Waals surface area contributed by atoms with Crippen LogP contribution in [0.5, 0.6) is 0 Å². The van der Waals surface area contributed by atoms with Crippen molar-refractivity contribution < 1.29 is 17.8 Å². The van der Waals surface area contributed by atoms with Crippen LogP contribution < -0.4 is 5.32 Å². The van der Waals surface area contributed by atoms with E-state index in [9.17, 15) is 13.2 Å². The maximum absolute atomic E-state index is 11.3. The Hall–Kier alpha value is -1.91. The van der Waals surface area contributed by atoms with Crippen LogP contribution in [-0.4, -0.2) is 18.9 Å². The van der Waals surface area contributed by atoms with Crippen molar-refractivity contribution in [2.24, 2.45) is 0 Å². The summed E-state index contributed by atoms with van der Waals surface area (Å²) in [6.45, 7) is 3.27. The molecular weight excluding hydrogens is 256 g/mol. The molecule has 2 N–H and O–H groups in total. The molecule has 0 saturated heterocycles. The van der Waals surface area contributed by atoms with Gasteiger partial charge in [0.25, 0.3) is 10.1 Å². The molecular formula is C11H12N2O4S. The molecule has 7 heteroatoms. The Morgan fingerprint density at radius 2 is 2.06 bits per heavy atom. The van der Waals surface area contributed by atoms with E-state index in [-0.39, 0.29) is 10.6 Å². The van der Waals surface area contributed by atoms with Gasteiger partial charge in [0.05, 0.1) is 11.8 Å². The van der Waals surface area contributed by atoms with Gasteiger partial charge in [-0.2, -0.15) is 13.7 Å². The molecule has 0 aliphatic rings. The van der Waals surface area contributed by atoms with Gasteiger partial charge in [0.15, 0.2) is 0 Å². The lowest BCUT2D eigenvalue weighted by Crippen LogP contribution is -2.15. The Morgan fingerprint density at radius 1 is 1.44 bits per heavy atom. The zero-order valence-corrected chi connectivity index (χ0v) is 10.7. The van der Waals surface area contributed by atoms with E-state index < -0.39 is 22.4 Å². The number of hydrogen-bond acceptors (Lipinski definition) is 4. The number of carbonyl (C=O) groups excluding carboxylic acids is 1. The zero-order valence-electron chi connectivity index (χ0n) is 9.89. The highest BCUT2D eigenvalue weighted by atomic mass is 32.2. The second kappa shape index (κ2) is 5.16. The minimum absolute atomic E-state index is 0.00310. The molecule has 1 aromatic carbocycles. The van der Waals surface area contributed by atoms with E-state index in [0.29, 0.717) is 11.1 Å². The van der Waals surface area contributed by atoms with Gasteiger partial charge in [-0.3, -0.25) is 9.35 Å². The van der Waals surface area contributed by atoms with Gasteiger partial charge in [-0.1, -0.05) is 6.07 Å². The molecule has 0 heterocycles. The summed E-state index contributed by atoms with van der Waals surface area (Å²) in [5.41, 5.74) is 1.13. The van der Waals surface area contributed by atoms with Gasteiger partial charge in [-0.05, 0) is 31.0 Å². The molecule has 0 saturated carbocycles. The van der Waals surface area contributed by atoms with Crippen molar-refractivity contribution in [2.45, 2.75) is 25.2 Å². The molecule has 1 aromatic rings. The lowest BCUT2D eigenvalue weighted by molar-refractivity contribution is -0.115. The van der Waals surface area contributed by atoms with E-state index in [4.69, 9.17) is 9.81 Å². The van der Waals surface area contributed by atoms with Gasteiger partial charge in [-0.25, -0.2) is 0 Å². The van der Waals surface area contributed by atoms with E-state index in [0.717, 1.165) is 0 Å². The summed E-state index contributed by atoms with van der Waals surface area (Å²) in [7, 11) is -4.44. The normalized spacial score (nSPS) is 10.8. The van der Waals surface area contributed by atoms with Gasteiger partial charge in [0.1, 0.15) is 11.3 Å². The maximum Gasteiger partial charge on any atom is 0.296 e. The number of hydrogen-bond donors (Lipinski definition) is 2. The number of amides is 1. The van der Waals surface area contributed by atoms with Gasteiger partial charge in [-0.15, -0.1) is 0 Å². The fourth-order valence-corrected chi connectivity index (χ4v) is 2.35. The second-order valence-electron chi connectivity index (χ2n) is 3.81. The van der Waals surface area contributed by atoms with E-state index in [1.807, 2.05) is 0 Å². The highest BCUT2D eigenvalue weighted by Crippen LogP contribution is 2.27. The minimum atomic E-state index is -4.44. The van der Waals surface area contributed by atoms with Crippen LogP contribution in [0, 0.1) is 25.2 Å². The third kappa shape index (κ3) is 3.29. The first-order valence-electron chi connectivity index (χ1n) is 5.01. The third-order valence-electron chi connectivity index (χ3n) is 2.23. The molecule has 0 atom stereocenters. The predicted octanol–water partition coefficient (Wildman–Crippen LogP) is 1.40. The molecule has 0 aromatic heterocycles. The number of aryl methyl sites for hydroxylation is 2. The van der Waals surface area contributed by atoms with Gasteiger partial charge in [0, 0.05) is 0 Å². The second-order valence-corrected chi connectivity index (χ2v) is 5.20. The minimum Gasteiger partial charge on any atom is -0.324 e. The van der Waals surface area contributed by atoms with E-state index in [2.05, 4.69) is 5.32 Å². The SMILES string of the molecule is Cc1cc(C)c(NC(=O)CC#N)c(S(=O)(=O)O)c1. The highest BCUT2D eigenvalue weighted by molar-refractivity contribution is 7.86. The largest absolute Gasteiger partial charge is 0.324 e. The highest BCUT2D eigenvalue weighted by Gasteiger charge is 2.19. The smallest absolute Gasteiger partial charge is 0.296 e. The van der Waals surface area contributed by atoms with Crippen LogP contribution in [0.3, 0.4) is 0 Å². The first-order chi connectivity index (χ1) is 8.25. The topological polar surface area (TPSA) is 107 Å². The molecule has 0 radical (unpaired) electrons. The molecule has 0 unspecified atom stereocenters. The summed E-state index contributed by atoms with van der Waals surface area (Å²) in [5, 5.41) is 10.7. The average Bonchev–Trinajstić information content (AvgIpc) is 2.20. The molecule has 0 aliphatic heterocycles. The van der Waals surface area contributed by atoms with Crippen molar-refractivity contribution in [3.05, 3.63) is 23.3 Å². The number of carbonyl (C=O) groups is 1. The van der Waals surface area contributed by atoms with Crippen LogP contribution in [0.25, 0.3) is 0 Å². The number of nitrogens with one attached hydrogen (secondary N) is 1. The van der Waals surface area contributed by atoms with Crippen LogP contribution in [0.2, 0.25) is 0 Å². The van der Waals surface area contributed by atoms with Crippen LogP contribution in [-0.2, 0) is 14.9 Å². The number of benzene rings is 1. The quantitative estimate of drug-likeness (QED) is 0.806. The molecule has 96 valence electrons. The summed E-state index contributed by atoms with van der Waals surface area (Å²) in [6, 6.07) is 4.57. The van der Waals surface area contributed by atoms with Crippen LogP contribution >= 0.6 is 0 Å². The predicted molar refractivity (Wildman–Crippen MR) is 64.6 cm³/mol. The molecule has 0 bridgehead atoms. The first-order valence-corrected chi connectivity index (χ1v) is 6.45. The van der Waals surface area contributed by atoms with Crippen molar-refractivity contribution in [1.29, 1.82) is 5.26 Å². The standard InChI is InChI=1S/C11H12N2O4S/c1-7-5-8(2)11(13-10(14)3-4-12)9(6-7)18(15,16)17/h5-6H,3H2,1-2H3,(H,13,14)(H,15,16,17). The average molecular weight is 268 g/mol. The van der Waals surface area contributed by atoms with E-state index in [1.165, 1.54) is 6.07 Å². The lowest BCUT2D eigenvalue weighted by atomic mass is 10.1. The molecule has 1 amide bonds. The van der Waals surface area contributed by atoms with E-state index in [1.54, 1.807) is 26.0 Å². The number of nitrogens with zero attached hydrogens (tertiary/aromatic N) is 1. The summed E-state index contributed by atoms with van der Waals surface area (Å²) in [5.74, 6) is -0.630. The molecule has 0 spiro atoms. The fraction of sp³-hybridized carbons (Fsp3) is 0.273. The molecule has 18 heavy (non-hydrogen) atoms. The molecule has 0 aliphatic carbocycles. The van der Waals surface area contributed by atoms with Crippen LogP contribution in [0.4, 0.5) is 5.69 Å². The molecule has 0 fully saturated rings. The van der Waals surface area contributed by atoms with Crippen molar-refractivity contribution in [2.75, 3.05) is 5.32 Å². The van der Waals surface area contributed by atoms with Gasteiger partial charge in [0.2, 0.25) is 5.91 Å². The summed E-state index contributed by atoms with van der Waals surface area (Å²) in [6.07, 6.45) is -0.391. The Morgan fingerprint density at radius 3 is 2.56 bits per heavy atom. The van der Waals surface area contributed by atoms with Crippen molar-refractivity contribution in [1.82, 2.24) is 0 Å². The summed E-state index contributed by atoms with van der Waals surface area (Å²) < 4.78 is 31.6. The van der Waals surface area contributed by atoms with Crippen molar-refractivity contribution in [3.8, 4) is 6.07 Å². The van der Waals surface area contributed by atoms with Crippen molar-refractivity contribution >= 4 is 21.7 Å². The Kier molecular flexibility index (Phi) is 4.06. The van der Waals surface area contributed by atoms with Crippen LogP contribution in [0.1, 0.15) is 17.5 Å². The zero-order chi connectivity index (χ0) is 13.9. The van der Waals surface area contributed by atoms with Crippen LogP contribution in [0.15, 0.2) is 17.0 Å².